The first-order chi connectivity index (χ1) is 8.30. The summed E-state index contributed by atoms with van der Waals surface area (Å²) in [4.78, 5) is 14.3. The van der Waals surface area contributed by atoms with E-state index in [9.17, 15) is 22.4 Å². The zero-order valence-electron chi connectivity index (χ0n) is 8.74. The van der Waals surface area contributed by atoms with Crippen molar-refractivity contribution in [2.45, 2.75) is 6.18 Å². The molecule has 18 heavy (non-hydrogen) atoms. The van der Waals surface area contributed by atoms with Gasteiger partial charge in [0.1, 0.15) is 5.82 Å². The van der Waals surface area contributed by atoms with E-state index >= 15 is 0 Å². The second-order valence-corrected chi connectivity index (χ2v) is 3.13. The van der Waals surface area contributed by atoms with Crippen molar-refractivity contribution in [2.24, 2.45) is 5.16 Å². The van der Waals surface area contributed by atoms with Crippen molar-refractivity contribution in [1.82, 2.24) is 0 Å². The summed E-state index contributed by atoms with van der Waals surface area (Å²) in [7, 11) is 0. The molecule has 1 aromatic carbocycles. The lowest BCUT2D eigenvalue weighted by atomic mass is 10.1. The van der Waals surface area contributed by atoms with Crippen LogP contribution in [-0.2, 0) is 15.8 Å². The number of oxime groups is 1. The molecule has 0 aromatic heterocycles. The fourth-order valence-corrected chi connectivity index (χ4v) is 1.07. The molecule has 0 fully saturated rings. The van der Waals surface area contributed by atoms with E-state index in [0.29, 0.717) is 12.3 Å². The Hall–Kier alpha value is -2.12. The van der Waals surface area contributed by atoms with Gasteiger partial charge in [0.2, 0.25) is 6.61 Å². The monoisotopic (exact) mass is 265 g/mol. The van der Waals surface area contributed by atoms with Crippen molar-refractivity contribution in [2.75, 3.05) is 6.61 Å². The second-order valence-electron chi connectivity index (χ2n) is 3.13. The number of alkyl halides is 3. The Morgan fingerprint density at radius 1 is 1.44 bits per heavy atom. The predicted molar refractivity (Wildman–Crippen MR) is 52.6 cm³/mol. The molecule has 98 valence electrons. The minimum atomic E-state index is -4.74. The Labute approximate surface area is 98.5 Å². The molecule has 0 spiro atoms. The van der Waals surface area contributed by atoms with E-state index in [1.165, 1.54) is 0 Å². The van der Waals surface area contributed by atoms with Crippen LogP contribution in [0, 0.1) is 5.82 Å². The fraction of sp³-hybridized carbons (Fsp3) is 0.200. The van der Waals surface area contributed by atoms with Gasteiger partial charge in [0.15, 0.2) is 0 Å². The Balaban J connectivity index is 2.92. The van der Waals surface area contributed by atoms with Crippen LogP contribution in [0.2, 0.25) is 0 Å². The third-order valence-electron chi connectivity index (χ3n) is 1.78. The summed E-state index contributed by atoms with van der Waals surface area (Å²) in [6.07, 6.45) is -4.07. The third kappa shape index (κ3) is 4.04. The number of hydrogen-bond acceptors (Lipinski definition) is 3. The zero-order chi connectivity index (χ0) is 13.8. The number of carboxylic acid groups (broad SMARTS) is 1. The second kappa shape index (κ2) is 5.48. The molecule has 0 bridgehead atoms. The summed E-state index contributed by atoms with van der Waals surface area (Å²) in [6.45, 7) is -0.779. The molecule has 0 atom stereocenters. The van der Waals surface area contributed by atoms with Crippen LogP contribution < -0.4 is 0 Å². The summed E-state index contributed by atoms with van der Waals surface area (Å²) in [6, 6.07) is 2.01. The van der Waals surface area contributed by atoms with Gasteiger partial charge in [-0.1, -0.05) is 5.16 Å². The molecule has 1 rings (SSSR count). The molecule has 8 heteroatoms. The van der Waals surface area contributed by atoms with Crippen molar-refractivity contribution in [3.8, 4) is 0 Å². The van der Waals surface area contributed by atoms with E-state index in [0.717, 1.165) is 12.1 Å². The van der Waals surface area contributed by atoms with Gasteiger partial charge in [-0.3, -0.25) is 0 Å². The molecule has 0 aliphatic carbocycles. The van der Waals surface area contributed by atoms with E-state index in [2.05, 4.69) is 9.99 Å². The molecule has 0 saturated carbocycles. The first-order valence-electron chi connectivity index (χ1n) is 4.54. The van der Waals surface area contributed by atoms with Gasteiger partial charge in [-0.05, 0) is 18.2 Å². The van der Waals surface area contributed by atoms with Crippen molar-refractivity contribution < 1.29 is 32.3 Å². The third-order valence-corrected chi connectivity index (χ3v) is 1.78. The van der Waals surface area contributed by atoms with Crippen molar-refractivity contribution in [1.29, 1.82) is 0 Å². The van der Waals surface area contributed by atoms with Crippen molar-refractivity contribution in [3.05, 3.63) is 35.1 Å². The molecule has 0 unspecified atom stereocenters. The molecule has 0 heterocycles. The van der Waals surface area contributed by atoms with E-state index < -0.39 is 35.7 Å². The molecule has 0 amide bonds. The van der Waals surface area contributed by atoms with Gasteiger partial charge in [-0.15, -0.1) is 0 Å². The Bertz CT molecular complexity index is 471. The maximum absolute atomic E-state index is 12.7. The molecule has 0 aliphatic heterocycles. The molecular weight excluding hydrogens is 258 g/mol. The highest BCUT2D eigenvalue weighted by atomic mass is 19.4. The number of benzene rings is 1. The van der Waals surface area contributed by atoms with Gasteiger partial charge < -0.3 is 9.94 Å². The van der Waals surface area contributed by atoms with Gasteiger partial charge in [0, 0.05) is 5.56 Å². The Morgan fingerprint density at radius 2 is 2.11 bits per heavy atom. The number of halogens is 4. The van der Waals surface area contributed by atoms with Crippen LogP contribution in [-0.4, -0.2) is 23.9 Å². The number of aliphatic carboxylic acids is 1. The van der Waals surface area contributed by atoms with E-state index in [1.807, 2.05) is 0 Å². The average molecular weight is 265 g/mol. The maximum atomic E-state index is 12.7. The highest BCUT2D eigenvalue weighted by Crippen LogP contribution is 2.31. The van der Waals surface area contributed by atoms with Crippen molar-refractivity contribution in [3.63, 3.8) is 0 Å². The molecule has 0 saturated heterocycles. The smallest absolute Gasteiger partial charge is 0.417 e. The van der Waals surface area contributed by atoms with Crippen LogP contribution in [0.15, 0.2) is 23.4 Å². The number of carbonyl (C=O) groups is 1. The van der Waals surface area contributed by atoms with Gasteiger partial charge in [0.05, 0.1) is 11.8 Å². The van der Waals surface area contributed by atoms with E-state index in [4.69, 9.17) is 5.11 Å². The summed E-state index contributed by atoms with van der Waals surface area (Å²) >= 11 is 0. The van der Waals surface area contributed by atoms with Crippen LogP contribution in [0.3, 0.4) is 0 Å². The van der Waals surface area contributed by atoms with Crippen LogP contribution in [0.4, 0.5) is 17.6 Å². The van der Waals surface area contributed by atoms with Crippen LogP contribution in [0.25, 0.3) is 0 Å². The van der Waals surface area contributed by atoms with E-state index in [-0.39, 0.29) is 0 Å². The molecule has 1 N–H and O–H groups in total. The Morgan fingerprint density at radius 3 is 2.67 bits per heavy atom. The molecular formula is C10H7F4NO3. The number of nitrogens with zero attached hydrogens (tertiary/aromatic N) is 1. The predicted octanol–water partition coefficient (Wildman–Crippen LogP) is 2.28. The van der Waals surface area contributed by atoms with Gasteiger partial charge in [-0.25, -0.2) is 9.18 Å². The number of hydrogen-bond donors (Lipinski definition) is 1. The van der Waals surface area contributed by atoms with Crippen molar-refractivity contribution >= 4 is 12.2 Å². The molecule has 1 aromatic rings. The lowest BCUT2D eigenvalue weighted by Crippen LogP contribution is -2.10. The first kappa shape index (κ1) is 13.9. The largest absolute Gasteiger partial charge is 0.479 e. The molecule has 0 aliphatic rings. The SMILES string of the molecule is O=C(O)CO/N=C/c1ccc(F)cc1C(F)(F)F. The summed E-state index contributed by atoms with van der Waals surface area (Å²) in [5.74, 6) is -2.35. The van der Waals surface area contributed by atoms with Gasteiger partial charge >= 0.3 is 12.1 Å². The van der Waals surface area contributed by atoms with Crippen LogP contribution >= 0.6 is 0 Å². The van der Waals surface area contributed by atoms with Gasteiger partial charge in [0.25, 0.3) is 0 Å². The fourth-order valence-electron chi connectivity index (χ4n) is 1.07. The summed E-state index contributed by atoms with van der Waals surface area (Å²) in [5, 5.41) is 11.3. The first-order valence-corrected chi connectivity index (χ1v) is 4.54. The highest BCUT2D eigenvalue weighted by Gasteiger charge is 2.33. The lowest BCUT2D eigenvalue weighted by molar-refractivity contribution is -0.142. The van der Waals surface area contributed by atoms with Gasteiger partial charge in [-0.2, -0.15) is 13.2 Å². The zero-order valence-corrected chi connectivity index (χ0v) is 8.74. The quantitative estimate of drug-likeness (QED) is 0.516. The number of rotatable bonds is 4. The standard InChI is InChI=1S/C10H7F4NO3/c11-7-2-1-6(4-15-18-5-9(16)17)8(3-7)10(12,13)14/h1-4H,5H2,(H,16,17)/b15-4+. The Kier molecular flexibility index (Phi) is 4.24. The average Bonchev–Trinajstić information content (AvgIpc) is 2.24. The number of carboxylic acids is 1. The minimum absolute atomic E-state index is 0.318. The van der Waals surface area contributed by atoms with Crippen LogP contribution in [0.5, 0.6) is 0 Å². The molecule has 4 nitrogen and oxygen atoms in total. The van der Waals surface area contributed by atoms with E-state index in [1.54, 1.807) is 0 Å². The topological polar surface area (TPSA) is 58.9 Å². The normalized spacial score (nSPS) is 11.8. The minimum Gasteiger partial charge on any atom is -0.479 e. The summed E-state index contributed by atoms with van der Waals surface area (Å²) < 4.78 is 50.2. The molecule has 0 radical (unpaired) electrons. The highest BCUT2D eigenvalue weighted by molar-refractivity contribution is 5.81. The summed E-state index contributed by atoms with van der Waals surface area (Å²) in [5.41, 5.74) is -1.64. The maximum Gasteiger partial charge on any atom is 0.417 e. The lowest BCUT2D eigenvalue weighted by Gasteiger charge is -2.09. The van der Waals surface area contributed by atoms with Crippen LogP contribution in [0.1, 0.15) is 11.1 Å².